The summed E-state index contributed by atoms with van der Waals surface area (Å²) in [6.07, 6.45) is 4.89. The van der Waals surface area contributed by atoms with Gasteiger partial charge in [-0.25, -0.2) is 9.37 Å². The lowest BCUT2D eigenvalue weighted by Gasteiger charge is -2.23. The molecule has 0 spiro atoms. The second kappa shape index (κ2) is 7.42. The molecule has 158 valence electrons. The van der Waals surface area contributed by atoms with Crippen molar-refractivity contribution in [3.05, 3.63) is 57.2 Å². The molecule has 10 heteroatoms. The fourth-order valence-corrected chi connectivity index (χ4v) is 4.31. The molecule has 5 rings (SSSR count). The van der Waals surface area contributed by atoms with E-state index in [4.69, 9.17) is 17.3 Å². The molecule has 1 aliphatic rings. The molecule has 1 aliphatic carbocycles. The Balaban J connectivity index is 1.60. The van der Waals surface area contributed by atoms with Crippen molar-refractivity contribution >= 4 is 61.1 Å². The third kappa shape index (κ3) is 3.51. The fourth-order valence-electron chi connectivity index (χ4n) is 3.77. The zero-order chi connectivity index (χ0) is 21.9. The van der Waals surface area contributed by atoms with E-state index in [0.717, 1.165) is 23.7 Å². The molecule has 4 aromatic rings. The Morgan fingerprint density at radius 2 is 2.10 bits per heavy atom. The van der Waals surface area contributed by atoms with Crippen LogP contribution in [0.1, 0.15) is 28.9 Å². The number of nitrogens with two attached hydrogens (primary N) is 1. The predicted octanol–water partition coefficient (Wildman–Crippen LogP) is 4.46. The van der Waals surface area contributed by atoms with Crippen molar-refractivity contribution < 1.29 is 9.18 Å². The summed E-state index contributed by atoms with van der Waals surface area (Å²) in [5, 5.41) is 5.96. The van der Waals surface area contributed by atoms with E-state index in [2.05, 4.69) is 31.0 Å². The lowest BCUT2D eigenvalue weighted by Crippen LogP contribution is -2.33. The summed E-state index contributed by atoms with van der Waals surface area (Å²) in [5.41, 5.74) is 7.95. The van der Waals surface area contributed by atoms with Crippen LogP contribution in [0.3, 0.4) is 0 Å². The zero-order valence-electron chi connectivity index (χ0n) is 16.4. The Morgan fingerprint density at radius 3 is 2.81 bits per heavy atom. The van der Waals surface area contributed by atoms with Gasteiger partial charge < -0.3 is 10.6 Å². The number of benzene rings is 1. The van der Waals surface area contributed by atoms with Crippen LogP contribution in [0.25, 0.3) is 21.8 Å². The Hall–Kier alpha value is -2.78. The number of halogens is 3. The molecular weight excluding hydrogens is 487 g/mol. The number of hydrogen-bond acceptors (Lipinski definition) is 5. The maximum absolute atomic E-state index is 14.4. The maximum Gasteiger partial charge on any atom is 0.255 e. The molecule has 0 aliphatic heterocycles. The quantitative estimate of drug-likeness (QED) is 0.444. The van der Waals surface area contributed by atoms with Gasteiger partial charge in [0.05, 0.1) is 45.4 Å². The average Bonchev–Trinajstić information content (AvgIpc) is 3.48. The smallest absolute Gasteiger partial charge is 0.255 e. The molecule has 0 bridgehead atoms. The largest absolute Gasteiger partial charge is 0.383 e. The number of hydrogen-bond donors (Lipinski definition) is 1. The van der Waals surface area contributed by atoms with Gasteiger partial charge in [0.25, 0.3) is 5.91 Å². The van der Waals surface area contributed by atoms with Crippen molar-refractivity contribution in [2.24, 2.45) is 7.05 Å². The third-order valence-corrected chi connectivity index (χ3v) is 6.23. The van der Waals surface area contributed by atoms with Crippen LogP contribution in [-0.2, 0) is 13.6 Å². The van der Waals surface area contributed by atoms with Gasteiger partial charge in [0.15, 0.2) is 0 Å². The summed E-state index contributed by atoms with van der Waals surface area (Å²) in [6, 6.07) is 4.73. The van der Waals surface area contributed by atoms with Gasteiger partial charge in [-0.2, -0.15) is 5.10 Å². The van der Waals surface area contributed by atoms with Crippen molar-refractivity contribution in [1.29, 1.82) is 0 Å². The van der Waals surface area contributed by atoms with Crippen LogP contribution in [0.15, 0.2) is 35.1 Å². The summed E-state index contributed by atoms with van der Waals surface area (Å²) < 4.78 is 16.6. The van der Waals surface area contributed by atoms with Crippen LogP contribution in [0.4, 0.5) is 10.2 Å². The Morgan fingerprint density at radius 1 is 1.32 bits per heavy atom. The predicted molar refractivity (Wildman–Crippen MR) is 120 cm³/mol. The normalized spacial score (nSPS) is 13.8. The Kier molecular flexibility index (Phi) is 4.82. The average molecular weight is 504 g/mol. The highest BCUT2D eigenvalue weighted by molar-refractivity contribution is 9.10. The molecule has 3 heterocycles. The van der Waals surface area contributed by atoms with E-state index >= 15 is 0 Å². The number of carbonyl (C=O) groups is 1. The van der Waals surface area contributed by atoms with Gasteiger partial charge in [-0.1, -0.05) is 11.6 Å². The van der Waals surface area contributed by atoms with Gasteiger partial charge in [0.2, 0.25) is 0 Å². The highest BCUT2D eigenvalue weighted by Gasteiger charge is 2.35. The molecule has 31 heavy (non-hydrogen) atoms. The standard InChI is InChI=1S/C21H17BrClFN6O/c1-29-19-13-5-12(15(23)6-17(13)28-20(25)14(19)8-27-29)21(31)30(11-2-3-11)9-18-16(24)4-10(22)7-26-18/h4-8,11H,2-3,9H2,1H3,(H2,25,28). The van der Waals surface area contributed by atoms with Crippen molar-refractivity contribution in [1.82, 2.24) is 24.6 Å². The third-order valence-electron chi connectivity index (χ3n) is 5.48. The van der Waals surface area contributed by atoms with Gasteiger partial charge in [-0.05, 0) is 47.0 Å². The van der Waals surface area contributed by atoms with Crippen molar-refractivity contribution in [2.75, 3.05) is 5.73 Å². The van der Waals surface area contributed by atoms with Crippen molar-refractivity contribution in [2.45, 2.75) is 25.4 Å². The summed E-state index contributed by atoms with van der Waals surface area (Å²) in [5.74, 6) is -0.387. The highest BCUT2D eigenvalue weighted by atomic mass is 79.9. The van der Waals surface area contributed by atoms with E-state index in [-0.39, 0.29) is 29.2 Å². The number of aryl methyl sites for hydroxylation is 1. The van der Waals surface area contributed by atoms with Gasteiger partial charge in [0.1, 0.15) is 11.6 Å². The fraction of sp³-hybridized carbons (Fsp3) is 0.238. The summed E-state index contributed by atoms with van der Waals surface area (Å²) >= 11 is 9.70. The van der Waals surface area contributed by atoms with Crippen molar-refractivity contribution in [3.8, 4) is 0 Å². The Bertz CT molecular complexity index is 1370. The first-order valence-corrected chi connectivity index (χ1v) is 10.8. The zero-order valence-corrected chi connectivity index (χ0v) is 18.8. The molecule has 0 saturated heterocycles. The number of nitrogen functional groups attached to an aromatic ring is 1. The minimum atomic E-state index is -0.464. The number of rotatable bonds is 4. The van der Waals surface area contributed by atoms with Crippen LogP contribution in [0.2, 0.25) is 5.02 Å². The van der Waals surface area contributed by atoms with Crippen LogP contribution in [0, 0.1) is 5.82 Å². The SMILES string of the molecule is Cn1ncc2c(N)nc3cc(Cl)c(C(=O)N(Cc4ncc(Br)cc4F)C4CC4)cc3c21. The van der Waals surface area contributed by atoms with E-state index in [0.29, 0.717) is 26.8 Å². The molecule has 1 amide bonds. The van der Waals surface area contributed by atoms with E-state index in [1.54, 1.807) is 35.0 Å². The van der Waals surface area contributed by atoms with Gasteiger partial charge >= 0.3 is 0 Å². The molecular formula is C21H17BrClFN6O. The summed E-state index contributed by atoms with van der Waals surface area (Å²) in [7, 11) is 1.80. The second-order valence-corrected chi connectivity index (χ2v) is 8.95. The number of aromatic nitrogens is 4. The molecule has 3 aromatic heterocycles. The van der Waals surface area contributed by atoms with Crippen LogP contribution in [0.5, 0.6) is 0 Å². The maximum atomic E-state index is 14.4. The van der Waals surface area contributed by atoms with Gasteiger partial charge in [0, 0.05) is 29.1 Å². The first-order chi connectivity index (χ1) is 14.8. The topological polar surface area (TPSA) is 89.9 Å². The minimum Gasteiger partial charge on any atom is -0.383 e. The molecule has 2 N–H and O–H groups in total. The van der Waals surface area contributed by atoms with Crippen LogP contribution >= 0.6 is 27.5 Å². The number of carbonyl (C=O) groups excluding carboxylic acids is 1. The van der Waals surface area contributed by atoms with Gasteiger partial charge in [-0.3, -0.25) is 14.5 Å². The molecule has 1 saturated carbocycles. The molecule has 1 aromatic carbocycles. The van der Waals surface area contributed by atoms with Crippen molar-refractivity contribution in [3.63, 3.8) is 0 Å². The monoisotopic (exact) mass is 502 g/mol. The van der Waals surface area contributed by atoms with E-state index in [1.165, 1.54) is 12.3 Å². The number of pyridine rings is 2. The molecule has 7 nitrogen and oxygen atoms in total. The highest BCUT2D eigenvalue weighted by Crippen LogP contribution is 2.35. The van der Waals surface area contributed by atoms with Crippen LogP contribution in [-0.4, -0.2) is 36.6 Å². The molecule has 1 fully saturated rings. The minimum absolute atomic E-state index is 0.0328. The molecule has 0 unspecified atom stereocenters. The first kappa shape index (κ1) is 20.1. The van der Waals surface area contributed by atoms with Crippen LogP contribution < -0.4 is 5.73 Å². The second-order valence-electron chi connectivity index (χ2n) is 7.62. The summed E-state index contributed by atoms with van der Waals surface area (Å²) in [4.78, 5) is 23.7. The first-order valence-electron chi connectivity index (χ1n) is 9.65. The summed E-state index contributed by atoms with van der Waals surface area (Å²) in [6.45, 7) is 0.0675. The number of nitrogens with zero attached hydrogens (tertiary/aromatic N) is 5. The lowest BCUT2D eigenvalue weighted by atomic mass is 10.1. The van der Waals surface area contributed by atoms with Gasteiger partial charge in [-0.15, -0.1) is 0 Å². The van der Waals surface area contributed by atoms with E-state index in [9.17, 15) is 9.18 Å². The number of anilines is 1. The van der Waals surface area contributed by atoms with E-state index in [1.807, 2.05) is 0 Å². The molecule has 0 atom stereocenters. The number of fused-ring (bicyclic) bond motifs is 3. The molecule has 0 radical (unpaired) electrons. The number of amides is 1. The lowest BCUT2D eigenvalue weighted by molar-refractivity contribution is 0.0726. The Labute approximate surface area is 190 Å². The van der Waals surface area contributed by atoms with E-state index < -0.39 is 5.82 Å².